The molecule has 2 heterocycles. The average molecular weight is 819 g/mol. The predicted molar refractivity (Wildman–Crippen MR) is 269 cm³/mol. The van der Waals surface area contributed by atoms with Crippen LogP contribution < -0.4 is 4.90 Å². The van der Waals surface area contributed by atoms with Crippen molar-refractivity contribution in [3.05, 3.63) is 230 Å². The largest absolute Gasteiger partial charge is 0.455 e. The van der Waals surface area contributed by atoms with Crippen molar-refractivity contribution in [2.45, 2.75) is 19.3 Å². The number of hydrogen-bond donors (Lipinski definition) is 0. The molecule has 3 nitrogen and oxygen atoms in total. The molecular formula is C61H42N2O. The van der Waals surface area contributed by atoms with Crippen LogP contribution >= 0.6 is 0 Å². The molecule has 0 saturated carbocycles. The number of fused-ring (bicyclic) bond motifs is 11. The van der Waals surface area contributed by atoms with Crippen LogP contribution in [0.3, 0.4) is 0 Å². The first-order valence-electron chi connectivity index (χ1n) is 22.2. The SMILES string of the molecule is CC1(C)c2ccccc2-c2ccc(N(c3ccc(-c4cccc(-n5c6ccccc6c6ccccc65)c4)cc3)c3ccc(-c4ccc5c(c4)oc4c6ccccc6ccc54)cc3)cc21. The normalized spacial score (nSPS) is 13.0. The van der Waals surface area contributed by atoms with Crippen LogP contribution in [0.2, 0.25) is 0 Å². The van der Waals surface area contributed by atoms with Crippen LogP contribution in [0, 0.1) is 0 Å². The zero-order valence-corrected chi connectivity index (χ0v) is 35.6. The molecule has 302 valence electrons. The molecule has 1 aliphatic carbocycles. The van der Waals surface area contributed by atoms with Gasteiger partial charge in [0.25, 0.3) is 0 Å². The van der Waals surface area contributed by atoms with E-state index in [1.54, 1.807) is 0 Å². The fraction of sp³-hybridized carbons (Fsp3) is 0.0492. The van der Waals surface area contributed by atoms with E-state index in [1.165, 1.54) is 60.6 Å². The predicted octanol–water partition coefficient (Wildman–Crippen LogP) is 16.9. The molecule has 13 rings (SSSR count). The Morgan fingerprint density at radius 3 is 1.70 bits per heavy atom. The summed E-state index contributed by atoms with van der Waals surface area (Å²) in [7, 11) is 0. The van der Waals surface area contributed by atoms with Crippen LogP contribution in [0.15, 0.2) is 223 Å². The molecule has 0 amide bonds. The Morgan fingerprint density at radius 1 is 0.391 bits per heavy atom. The third kappa shape index (κ3) is 5.54. The summed E-state index contributed by atoms with van der Waals surface area (Å²) < 4.78 is 8.96. The average Bonchev–Trinajstić information content (AvgIpc) is 3.97. The Bertz CT molecular complexity index is 3760. The molecule has 1 aliphatic rings. The Hall–Kier alpha value is -8.14. The lowest BCUT2D eigenvalue weighted by Crippen LogP contribution is -2.16. The molecule has 0 N–H and O–H groups in total. The lowest BCUT2D eigenvalue weighted by atomic mass is 9.82. The summed E-state index contributed by atoms with van der Waals surface area (Å²) in [6, 6.07) is 79.6. The highest BCUT2D eigenvalue weighted by Crippen LogP contribution is 2.51. The molecular weight excluding hydrogens is 777 g/mol. The maximum atomic E-state index is 6.57. The van der Waals surface area contributed by atoms with Gasteiger partial charge >= 0.3 is 0 Å². The minimum absolute atomic E-state index is 0.121. The first-order chi connectivity index (χ1) is 31.5. The zero-order valence-electron chi connectivity index (χ0n) is 35.6. The van der Waals surface area contributed by atoms with E-state index >= 15 is 0 Å². The van der Waals surface area contributed by atoms with Gasteiger partial charge in [-0.1, -0.05) is 153 Å². The fourth-order valence-corrected chi connectivity index (χ4v) is 10.6. The van der Waals surface area contributed by atoms with E-state index in [0.29, 0.717) is 0 Å². The molecule has 0 radical (unpaired) electrons. The van der Waals surface area contributed by atoms with Gasteiger partial charge < -0.3 is 13.9 Å². The number of rotatable bonds is 6. The smallest absolute Gasteiger partial charge is 0.143 e. The number of para-hydroxylation sites is 2. The van der Waals surface area contributed by atoms with Crippen molar-refractivity contribution >= 4 is 71.6 Å². The Balaban J connectivity index is 0.892. The van der Waals surface area contributed by atoms with E-state index < -0.39 is 0 Å². The Morgan fingerprint density at radius 2 is 0.969 bits per heavy atom. The highest BCUT2D eigenvalue weighted by atomic mass is 16.3. The van der Waals surface area contributed by atoms with Crippen LogP contribution in [-0.2, 0) is 5.41 Å². The molecule has 0 fully saturated rings. The molecule has 12 aromatic rings. The molecule has 0 atom stereocenters. The monoisotopic (exact) mass is 818 g/mol. The fourth-order valence-electron chi connectivity index (χ4n) is 10.6. The third-order valence-corrected chi connectivity index (χ3v) is 13.8. The summed E-state index contributed by atoms with van der Waals surface area (Å²) in [6.07, 6.45) is 0. The van der Waals surface area contributed by atoms with Gasteiger partial charge in [-0.3, -0.25) is 0 Å². The summed E-state index contributed by atoms with van der Waals surface area (Å²) in [5, 5.41) is 7.14. The summed E-state index contributed by atoms with van der Waals surface area (Å²) in [4.78, 5) is 2.40. The number of anilines is 3. The van der Waals surface area contributed by atoms with Crippen LogP contribution in [0.1, 0.15) is 25.0 Å². The van der Waals surface area contributed by atoms with E-state index in [9.17, 15) is 0 Å². The maximum absolute atomic E-state index is 6.57. The molecule has 0 aliphatic heterocycles. The molecule has 0 saturated heterocycles. The van der Waals surface area contributed by atoms with Crippen molar-refractivity contribution < 1.29 is 4.42 Å². The van der Waals surface area contributed by atoms with Gasteiger partial charge in [0, 0.05) is 55.1 Å². The first kappa shape index (κ1) is 36.5. The number of hydrogen-bond acceptors (Lipinski definition) is 2. The molecule has 0 bridgehead atoms. The van der Waals surface area contributed by atoms with Crippen molar-refractivity contribution in [1.29, 1.82) is 0 Å². The van der Waals surface area contributed by atoms with Crippen LogP contribution in [0.25, 0.3) is 93.6 Å². The van der Waals surface area contributed by atoms with Gasteiger partial charge in [-0.2, -0.15) is 0 Å². The summed E-state index contributed by atoms with van der Waals surface area (Å²) in [6.45, 7) is 4.70. The molecule has 10 aromatic carbocycles. The minimum atomic E-state index is -0.121. The van der Waals surface area contributed by atoms with E-state index in [2.05, 4.69) is 242 Å². The highest BCUT2D eigenvalue weighted by molar-refractivity contribution is 6.15. The maximum Gasteiger partial charge on any atom is 0.143 e. The summed E-state index contributed by atoms with van der Waals surface area (Å²) in [5.41, 5.74) is 18.6. The number of aromatic nitrogens is 1. The molecule has 3 heteroatoms. The third-order valence-electron chi connectivity index (χ3n) is 13.8. The van der Waals surface area contributed by atoms with Gasteiger partial charge in [0.05, 0.1) is 11.0 Å². The molecule has 0 unspecified atom stereocenters. The quantitative estimate of drug-likeness (QED) is 0.167. The van der Waals surface area contributed by atoms with Crippen molar-refractivity contribution in [3.63, 3.8) is 0 Å². The van der Waals surface area contributed by atoms with E-state index in [1.807, 2.05) is 0 Å². The summed E-state index contributed by atoms with van der Waals surface area (Å²) >= 11 is 0. The topological polar surface area (TPSA) is 21.3 Å². The second kappa shape index (κ2) is 13.9. The lowest BCUT2D eigenvalue weighted by Gasteiger charge is -2.28. The van der Waals surface area contributed by atoms with Crippen LogP contribution in [-0.4, -0.2) is 4.57 Å². The van der Waals surface area contributed by atoms with Gasteiger partial charge in [0.2, 0.25) is 0 Å². The molecule has 0 spiro atoms. The van der Waals surface area contributed by atoms with E-state index in [4.69, 9.17) is 4.42 Å². The number of furan rings is 1. The highest BCUT2D eigenvalue weighted by Gasteiger charge is 2.35. The molecule has 2 aromatic heterocycles. The van der Waals surface area contributed by atoms with Crippen molar-refractivity contribution in [3.8, 4) is 39.1 Å². The number of benzene rings is 10. The van der Waals surface area contributed by atoms with Gasteiger partial charge in [0.1, 0.15) is 11.2 Å². The zero-order chi connectivity index (χ0) is 42.5. The molecule has 64 heavy (non-hydrogen) atoms. The lowest BCUT2D eigenvalue weighted by molar-refractivity contribution is 0.660. The van der Waals surface area contributed by atoms with Crippen LogP contribution in [0.5, 0.6) is 0 Å². The minimum Gasteiger partial charge on any atom is -0.455 e. The van der Waals surface area contributed by atoms with Gasteiger partial charge in [-0.25, -0.2) is 0 Å². The van der Waals surface area contributed by atoms with E-state index in [-0.39, 0.29) is 5.41 Å². The number of nitrogens with zero attached hydrogens (tertiary/aromatic N) is 2. The van der Waals surface area contributed by atoms with Gasteiger partial charge in [-0.05, 0) is 129 Å². The van der Waals surface area contributed by atoms with Crippen molar-refractivity contribution in [1.82, 2.24) is 4.57 Å². The van der Waals surface area contributed by atoms with Crippen molar-refractivity contribution in [2.75, 3.05) is 4.90 Å². The standard InChI is InChI=1S/C61H42N2O/c1-61(2)55-19-8-5-16-49(55)50-35-32-47(38-56(50)61)62(45-30-24-40(25-31-45)43-27-33-53-54-34-26-41-12-3-4-15-48(41)60(54)64-59(53)37-43)44-28-22-39(23-29-44)42-13-11-14-46(36-42)63-57-20-9-6-17-51(57)52-18-7-10-21-58(52)63/h3-38H,1-2H3. The van der Waals surface area contributed by atoms with Crippen LogP contribution in [0.4, 0.5) is 17.1 Å². The summed E-state index contributed by atoms with van der Waals surface area (Å²) in [5.74, 6) is 0. The van der Waals surface area contributed by atoms with Gasteiger partial charge in [-0.15, -0.1) is 0 Å². The Labute approximate surface area is 371 Å². The van der Waals surface area contributed by atoms with Gasteiger partial charge in [0.15, 0.2) is 0 Å². The second-order valence-corrected chi connectivity index (χ2v) is 17.7. The Kier molecular flexibility index (Phi) is 7.95. The van der Waals surface area contributed by atoms with Crippen molar-refractivity contribution in [2.24, 2.45) is 0 Å². The first-order valence-corrected chi connectivity index (χ1v) is 22.2. The van der Waals surface area contributed by atoms with E-state index in [0.717, 1.165) is 61.2 Å². The second-order valence-electron chi connectivity index (χ2n) is 17.7.